The summed E-state index contributed by atoms with van der Waals surface area (Å²) in [5.41, 5.74) is 0.0324. The number of hydrogen-bond donors (Lipinski definition) is 2. The molecule has 0 spiro atoms. The van der Waals surface area contributed by atoms with Crippen molar-refractivity contribution in [3.05, 3.63) is 35.4 Å². The molecule has 4 nitrogen and oxygen atoms in total. The monoisotopic (exact) mass is 344 g/mol. The highest BCUT2D eigenvalue weighted by Gasteiger charge is 2.29. The zero-order valence-electron chi connectivity index (χ0n) is 15.0. The van der Waals surface area contributed by atoms with E-state index in [1.165, 1.54) is 12.1 Å². The minimum atomic E-state index is -4.31. The van der Waals surface area contributed by atoms with Crippen molar-refractivity contribution < 1.29 is 13.2 Å². The van der Waals surface area contributed by atoms with Gasteiger partial charge in [-0.05, 0) is 52.6 Å². The molecule has 0 atom stereocenters. The van der Waals surface area contributed by atoms with Gasteiger partial charge < -0.3 is 15.5 Å². The Bertz CT molecular complexity index is 534. The van der Waals surface area contributed by atoms with E-state index in [1.54, 1.807) is 0 Å². The highest BCUT2D eigenvalue weighted by Crippen LogP contribution is 2.29. The Morgan fingerprint density at radius 2 is 1.67 bits per heavy atom. The van der Waals surface area contributed by atoms with E-state index in [0.29, 0.717) is 25.6 Å². The van der Waals surface area contributed by atoms with Crippen LogP contribution in [0.5, 0.6) is 0 Å². The van der Waals surface area contributed by atoms with Gasteiger partial charge >= 0.3 is 6.18 Å². The standard InChI is InChI=1S/C17H27F3N4/c1-6-21-15(23-12-16(2,3)24(4)5)22-11-13-7-9-14(10-8-13)17(18,19)20/h7-10H,6,11-12H2,1-5H3,(H2,21,22,23). The third kappa shape index (κ3) is 6.39. The summed E-state index contributed by atoms with van der Waals surface area (Å²) in [6.45, 7) is 7.90. The summed E-state index contributed by atoms with van der Waals surface area (Å²) in [4.78, 5) is 6.54. The second kappa shape index (κ2) is 8.37. The molecule has 1 rings (SSSR count). The van der Waals surface area contributed by atoms with Crippen molar-refractivity contribution in [3.8, 4) is 0 Å². The molecule has 7 heteroatoms. The SMILES string of the molecule is CCNC(=NCc1ccc(C(F)(F)F)cc1)NCC(C)(C)N(C)C. The predicted octanol–water partition coefficient (Wildman–Crippen LogP) is 3.10. The van der Waals surface area contributed by atoms with Crippen LogP contribution in [-0.4, -0.2) is 43.6 Å². The summed E-state index contributed by atoms with van der Waals surface area (Å²) in [6, 6.07) is 5.08. The number of alkyl halides is 3. The number of rotatable bonds is 6. The lowest BCUT2D eigenvalue weighted by molar-refractivity contribution is -0.137. The van der Waals surface area contributed by atoms with Crippen molar-refractivity contribution in [2.45, 2.75) is 39.0 Å². The van der Waals surface area contributed by atoms with Crippen LogP contribution in [0.1, 0.15) is 31.9 Å². The summed E-state index contributed by atoms with van der Waals surface area (Å²) in [7, 11) is 4.02. The van der Waals surface area contributed by atoms with E-state index in [9.17, 15) is 13.2 Å². The number of benzene rings is 1. The average molecular weight is 344 g/mol. The Labute approximate surface area is 142 Å². The molecule has 0 bridgehead atoms. The Hall–Kier alpha value is -1.76. The smallest absolute Gasteiger partial charge is 0.357 e. The van der Waals surface area contributed by atoms with Crippen molar-refractivity contribution >= 4 is 5.96 Å². The molecule has 24 heavy (non-hydrogen) atoms. The molecule has 2 N–H and O–H groups in total. The maximum atomic E-state index is 12.6. The molecule has 0 aromatic heterocycles. The lowest BCUT2D eigenvalue weighted by Gasteiger charge is -2.33. The first-order valence-corrected chi connectivity index (χ1v) is 7.92. The summed E-state index contributed by atoms with van der Waals surface area (Å²) in [5, 5.41) is 6.41. The molecule has 0 amide bonds. The Kier molecular flexibility index (Phi) is 7.08. The number of guanidine groups is 1. The second-order valence-corrected chi connectivity index (χ2v) is 6.45. The van der Waals surface area contributed by atoms with Gasteiger partial charge in [0.05, 0.1) is 12.1 Å². The second-order valence-electron chi connectivity index (χ2n) is 6.45. The highest BCUT2D eigenvalue weighted by atomic mass is 19.4. The zero-order valence-corrected chi connectivity index (χ0v) is 15.0. The average Bonchev–Trinajstić information content (AvgIpc) is 2.49. The third-order valence-corrected chi connectivity index (χ3v) is 3.94. The summed E-state index contributed by atoms with van der Waals surface area (Å²) in [5.74, 6) is 0.646. The zero-order chi connectivity index (χ0) is 18.4. The van der Waals surface area contributed by atoms with Crippen LogP contribution in [0.25, 0.3) is 0 Å². The van der Waals surface area contributed by atoms with E-state index in [4.69, 9.17) is 0 Å². The maximum Gasteiger partial charge on any atom is 0.416 e. The van der Waals surface area contributed by atoms with Gasteiger partial charge in [-0.1, -0.05) is 12.1 Å². The molecule has 0 fully saturated rings. The number of hydrogen-bond acceptors (Lipinski definition) is 2. The number of likely N-dealkylation sites (N-methyl/N-ethyl adjacent to an activating group) is 1. The van der Waals surface area contributed by atoms with Gasteiger partial charge in [-0.2, -0.15) is 13.2 Å². The fraction of sp³-hybridized carbons (Fsp3) is 0.588. The van der Waals surface area contributed by atoms with Gasteiger partial charge in [0.1, 0.15) is 0 Å². The first-order valence-electron chi connectivity index (χ1n) is 7.92. The number of halogens is 3. The van der Waals surface area contributed by atoms with Gasteiger partial charge in [0.2, 0.25) is 0 Å². The van der Waals surface area contributed by atoms with Crippen molar-refractivity contribution in [3.63, 3.8) is 0 Å². The van der Waals surface area contributed by atoms with Crippen molar-refractivity contribution in [1.29, 1.82) is 0 Å². The van der Waals surface area contributed by atoms with Gasteiger partial charge in [0, 0.05) is 18.6 Å². The van der Waals surface area contributed by atoms with Crippen LogP contribution in [0.4, 0.5) is 13.2 Å². The fourth-order valence-corrected chi connectivity index (χ4v) is 1.77. The van der Waals surface area contributed by atoms with E-state index in [1.807, 2.05) is 21.0 Å². The largest absolute Gasteiger partial charge is 0.416 e. The molecule has 0 aliphatic heterocycles. The molecule has 0 unspecified atom stereocenters. The van der Waals surface area contributed by atoms with Crippen molar-refractivity contribution in [2.75, 3.05) is 27.2 Å². The van der Waals surface area contributed by atoms with Crippen LogP contribution in [-0.2, 0) is 12.7 Å². The number of nitrogens with zero attached hydrogens (tertiary/aromatic N) is 2. The lowest BCUT2D eigenvalue weighted by atomic mass is 10.0. The predicted molar refractivity (Wildman–Crippen MR) is 92.0 cm³/mol. The van der Waals surface area contributed by atoms with Crippen LogP contribution in [0.3, 0.4) is 0 Å². The Morgan fingerprint density at radius 3 is 2.12 bits per heavy atom. The van der Waals surface area contributed by atoms with Crippen molar-refractivity contribution in [2.24, 2.45) is 4.99 Å². The molecule has 1 aromatic rings. The van der Waals surface area contributed by atoms with E-state index in [2.05, 4.69) is 34.4 Å². The minimum absolute atomic E-state index is 0.0510. The highest BCUT2D eigenvalue weighted by molar-refractivity contribution is 5.79. The summed E-state index contributed by atoms with van der Waals surface area (Å²) in [6.07, 6.45) is -4.31. The molecule has 0 radical (unpaired) electrons. The van der Waals surface area contributed by atoms with Gasteiger partial charge in [-0.25, -0.2) is 4.99 Å². The third-order valence-electron chi connectivity index (χ3n) is 3.94. The fourth-order valence-electron chi connectivity index (χ4n) is 1.77. The van der Waals surface area contributed by atoms with Crippen molar-refractivity contribution in [1.82, 2.24) is 15.5 Å². The van der Waals surface area contributed by atoms with Gasteiger partial charge in [0.15, 0.2) is 5.96 Å². The summed E-state index contributed by atoms with van der Waals surface area (Å²) < 4.78 is 37.7. The quantitative estimate of drug-likeness (QED) is 0.615. The molecule has 0 saturated carbocycles. The number of aliphatic imine (C=N–C) groups is 1. The van der Waals surface area contributed by atoms with Gasteiger partial charge in [0.25, 0.3) is 0 Å². The molecule has 0 aliphatic rings. The van der Waals surface area contributed by atoms with Gasteiger partial charge in [-0.15, -0.1) is 0 Å². The molecule has 0 heterocycles. The van der Waals surface area contributed by atoms with E-state index >= 15 is 0 Å². The Balaban J connectivity index is 2.72. The molecule has 0 aliphatic carbocycles. The maximum absolute atomic E-state index is 12.6. The van der Waals surface area contributed by atoms with Crippen LogP contribution in [0.2, 0.25) is 0 Å². The van der Waals surface area contributed by atoms with E-state index < -0.39 is 11.7 Å². The minimum Gasteiger partial charge on any atom is -0.357 e. The Morgan fingerprint density at radius 1 is 1.08 bits per heavy atom. The first-order chi connectivity index (χ1) is 11.1. The molecule has 0 saturated heterocycles. The van der Waals surface area contributed by atoms with Crippen LogP contribution in [0.15, 0.2) is 29.3 Å². The van der Waals surface area contributed by atoms with Gasteiger partial charge in [-0.3, -0.25) is 0 Å². The number of nitrogens with one attached hydrogen (secondary N) is 2. The molecular weight excluding hydrogens is 317 g/mol. The first kappa shape index (κ1) is 20.3. The molecular formula is C17H27F3N4. The molecule has 1 aromatic carbocycles. The topological polar surface area (TPSA) is 39.7 Å². The molecule has 136 valence electrons. The summed E-state index contributed by atoms with van der Waals surface area (Å²) >= 11 is 0. The van der Waals surface area contributed by atoms with E-state index in [0.717, 1.165) is 17.7 Å². The van der Waals surface area contributed by atoms with Crippen LogP contribution in [0, 0.1) is 0 Å². The lowest BCUT2D eigenvalue weighted by Crippen LogP contribution is -2.50. The van der Waals surface area contributed by atoms with Crippen LogP contribution >= 0.6 is 0 Å². The van der Waals surface area contributed by atoms with Crippen LogP contribution < -0.4 is 10.6 Å². The normalized spacial score (nSPS) is 13.3. The van der Waals surface area contributed by atoms with E-state index in [-0.39, 0.29) is 5.54 Å².